The molecule has 0 saturated carbocycles. The fourth-order valence-electron chi connectivity index (χ4n) is 3.01. The molecule has 0 aliphatic rings. The maximum Gasteiger partial charge on any atom is 0.191 e. The molecule has 3 rings (SSSR count). The zero-order valence-electron chi connectivity index (χ0n) is 15.2. The zero-order valence-corrected chi connectivity index (χ0v) is 15.2. The summed E-state index contributed by atoms with van der Waals surface area (Å²) in [5, 5.41) is 17.4. The van der Waals surface area contributed by atoms with Crippen LogP contribution in [0.3, 0.4) is 0 Å². The summed E-state index contributed by atoms with van der Waals surface area (Å²) in [5.41, 5.74) is 3.14. The number of aliphatic hydroxyl groups is 1. The Morgan fingerprint density at radius 2 is 1.81 bits per heavy atom. The second-order valence-electron chi connectivity index (χ2n) is 6.24. The third kappa shape index (κ3) is 4.06. The van der Waals surface area contributed by atoms with Gasteiger partial charge in [0.15, 0.2) is 5.96 Å². The van der Waals surface area contributed by atoms with Crippen molar-refractivity contribution in [2.75, 3.05) is 20.2 Å². The minimum Gasteiger partial charge on any atom is -0.459 e. The summed E-state index contributed by atoms with van der Waals surface area (Å²) in [6.45, 7) is 3.29. The summed E-state index contributed by atoms with van der Waals surface area (Å²) >= 11 is 0. The molecule has 2 aromatic carbocycles. The number of furan rings is 1. The predicted molar refractivity (Wildman–Crippen MR) is 105 cm³/mol. The molecule has 0 radical (unpaired) electrons. The molecule has 1 unspecified atom stereocenters. The molecule has 136 valence electrons. The Bertz CT molecular complexity index is 871. The van der Waals surface area contributed by atoms with Gasteiger partial charge in [0.1, 0.15) is 11.3 Å². The van der Waals surface area contributed by atoms with Gasteiger partial charge in [-0.05, 0) is 18.6 Å². The topological polar surface area (TPSA) is 69.8 Å². The van der Waals surface area contributed by atoms with E-state index in [-0.39, 0.29) is 12.5 Å². The minimum atomic E-state index is 0.0164. The maximum absolute atomic E-state index is 9.67. The lowest BCUT2D eigenvalue weighted by molar-refractivity contribution is 0.265. The van der Waals surface area contributed by atoms with Gasteiger partial charge in [0, 0.05) is 30.5 Å². The largest absolute Gasteiger partial charge is 0.459 e. The highest BCUT2D eigenvalue weighted by Gasteiger charge is 2.13. The molecule has 0 fully saturated rings. The van der Waals surface area contributed by atoms with Crippen molar-refractivity contribution in [1.82, 2.24) is 10.6 Å². The molecule has 1 aromatic heterocycles. The quantitative estimate of drug-likeness (QED) is 0.471. The molecule has 0 aliphatic heterocycles. The van der Waals surface area contributed by atoms with Gasteiger partial charge in [0.05, 0.1) is 13.2 Å². The molecule has 5 nitrogen and oxygen atoms in total. The molecule has 0 spiro atoms. The first-order valence-corrected chi connectivity index (χ1v) is 8.80. The molecular formula is C21H25N3O2. The van der Waals surface area contributed by atoms with Crippen molar-refractivity contribution < 1.29 is 9.52 Å². The third-order valence-corrected chi connectivity index (χ3v) is 4.59. The molecule has 3 aromatic rings. The molecule has 0 amide bonds. The molecular weight excluding hydrogens is 326 g/mol. The van der Waals surface area contributed by atoms with Gasteiger partial charge in [-0.3, -0.25) is 4.99 Å². The fourth-order valence-corrected chi connectivity index (χ4v) is 3.01. The van der Waals surface area contributed by atoms with Gasteiger partial charge in [-0.25, -0.2) is 0 Å². The fraction of sp³-hybridized carbons (Fsp3) is 0.286. The van der Waals surface area contributed by atoms with Crippen LogP contribution < -0.4 is 10.6 Å². The molecule has 5 heteroatoms. The summed E-state index contributed by atoms with van der Waals surface area (Å²) in [5.74, 6) is 1.60. The van der Waals surface area contributed by atoms with Crippen molar-refractivity contribution in [2.24, 2.45) is 4.99 Å². The molecule has 0 aliphatic carbocycles. The van der Waals surface area contributed by atoms with Gasteiger partial charge >= 0.3 is 0 Å². The lowest BCUT2D eigenvalue weighted by Crippen LogP contribution is -2.39. The summed E-state index contributed by atoms with van der Waals surface area (Å²) in [6, 6.07) is 18.0. The smallest absolute Gasteiger partial charge is 0.191 e. The molecule has 3 N–H and O–H groups in total. The Balaban J connectivity index is 1.60. The molecule has 1 heterocycles. The number of aliphatic imine (C=N–C) groups is 1. The lowest BCUT2D eigenvalue weighted by atomic mass is 10.0. The number of fused-ring (bicyclic) bond motifs is 1. The van der Waals surface area contributed by atoms with Crippen LogP contribution in [0.15, 0.2) is 64.0 Å². The number of nitrogens with zero attached hydrogens (tertiary/aromatic N) is 1. The van der Waals surface area contributed by atoms with Crippen LogP contribution >= 0.6 is 0 Å². The van der Waals surface area contributed by atoms with Gasteiger partial charge in [-0.1, -0.05) is 48.5 Å². The van der Waals surface area contributed by atoms with E-state index in [9.17, 15) is 5.11 Å². The van der Waals surface area contributed by atoms with Crippen molar-refractivity contribution in [3.05, 3.63) is 71.5 Å². The van der Waals surface area contributed by atoms with Crippen LogP contribution in [-0.4, -0.2) is 31.3 Å². The number of guanidine groups is 1. The standard InChI is InChI=1S/C21H25N3O2/c1-15-18-10-6-7-11-19(18)26-20(15)13-24-21(22-2)23-12-17(14-25)16-8-4-3-5-9-16/h3-11,17,25H,12-14H2,1-2H3,(H2,22,23,24). The van der Waals surface area contributed by atoms with Crippen LogP contribution in [0.25, 0.3) is 11.0 Å². The van der Waals surface area contributed by atoms with Gasteiger partial charge < -0.3 is 20.2 Å². The number of aryl methyl sites for hydroxylation is 1. The monoisotopic (exact) mass is 351 g/mol. The Kier molecular flexibility index (Phi) is 5.92. The van der Waals surface area contributed by atoms with E-state index >= 15 is 0 Å². The summed E-state index contributed by atoms with van der Waals surface area (Å²) < 4.78 is 5.92. The Morgan fingerprint density at radius 3 is 2.50 bits per heavy atom. The highest BCUT2D eigenvalue weighted by atomic mass is 16.3. The van der Waals surface area contributed by atoms with Crippen molar-refractivity contribution in [3.8, 4) is 0 Å². The molecule has 1 atom stereocenters. The number of aliphatic hydroxyl groups excluding tert-OH is 1. The van der Waals surface area contributed by atoms with E-state index < -0.39 is 0 Å². The van der Waals surface area contributed by atoms with Gasteiger partial charge in [-0.15, -0.1) is 0 Å². The van der Waals surface area contributed by atoms with Gasteiger partial charge in [0.2, 0.25) is 0 Å². The lowest BCUT2D eigenvalue weighted by Gasteiger charge is -2.18. The third-order valence-electron chi connectivity index (χ3n) is 4.59. The van der Waals surface area contributed by atoms with Crippen LogP contribution in [0.5, 0.6) is 0 Å². The normalized spacial score (nSPS) is 13.0. The number of benzene rings is 2. The average Bonchev–Trinajstić information content (AvgIpc) is 3.01. The van der Waals surface area contributed by atoms with Crippen molar-refractivity contribution in [3.63, 3.8) is 0 Å². The predicted octanol–water partition coefficient (Wildman–Crippen LogP) is 3.18. The maximum atomic E-state index is 9.67. The second-order valence-corrected chi connectivity index (χ2v) is 6.24. The van der Waals surface area contributed by atoms with E-state index in [1.165, 1.54) is 0 Å². The van der Waals surface area contributed by atoms with Crippen LogP contribution in [0.2, 0.25) is 0 Å². The Morgan fingerprint density at radius 1 is 1.08 bits per heavy atom. The molecule has 0 saturated heterocycles. The number of rotatable bonds is 6. The van der Waals surface area contributed by atoms with Gasteiger partial charge in [-0.2, -0.15) is 0 Å². The highest BCUT2D eigenvalue weighted by Crippen LogP contribution is 2.24. The molecule has 0 bridgehead atoms. The van der Waals surface area contributed by atoms with E-state index in [1.807, 2.05) is 48.5 Å². The molecule has 26 heavy (non-hydrogen) atoms. The first-order chi connectivity index (χ1) is 12.7. The summed E-state index contributed by atoms with van der Waals surface area (Å²) in [4.78, 5) is 4.26. The van der Waals surface area contributed by atoms with E-state index in [0.717, 1.165) is 27.9 Å². The first kappa shape index (κ1) is 18.0. The number of hydrogen-bond donors (Lipinski definition) is 3. The van der Waals surface area contributed by atoms with E-state index in [4.69, 9.17) is 4.42 Å². The average molecular weight is 351 g/mol. The Labute approximate surface area is 153 Å². The number of para-hydroxylation sites is 1. The second kappa shape index (κ2) is 8.54. The zero-order chi connectivity index (χ0) is 18.4. The number of hydrogen-bond acceptors (Lipinski definition) is 3. The highest BCUT2D eigenvalue weighted by molar-refractivity contribution is 5.83. The van der Waals surface area contributed by atoms with E-state index in [2.05, 4.69) is 28.6 Å². The van der Waals surface area contributed by atoms with Crippen LogP contribution in [0.1, 0.15) is 22.8 Å². The summed E-state index contributed by atoms with van der Waals surface area (Å²) in [7, 11) is 1.73. The van der Waals surface area contributed by atoms with Crippen molar-refractivity contribution >= 4 is 16.9 Å². The van der Waals surface area contributed by atoms with Crippen LogP contribution in [0, 0.1) is 6.92 Å². The minimum absolute atomic E-state index is 0.0164. The van der Waals surface area contributed by atoms with E-state index in [1.54, 1.807) is 7.05 Å². The van der Waals surface area contributed by atoms with Crippen LogP contribution in [-0.2, 0) is 6.54 Å². The number of nitrogens with one attached hydrogen (secondary N) is 2. The van der Waals surface area contributed by atoms with Crippen LogP contribution in [0.4, 0.5) is 0 Å². The van der Waals surface area contributed by atoms with Crippen molar-refractivity contribution in [2.45, 2.75) is 19.4 Å². The van der Waals surface area contributed by atoms with Crippen molar-refractivity contribution in [1.29, 1.82) is 0 Å². The summed E-state index contributed by atoms with van der Waals surface area (Å²) in [6.07, 6.45) is 0. The SMILES string of the molecule is CN=C(NCc1oc2ccccc2c1C)NCC(CO)c1ccccc1. The first-order valence-electron chi connectivity index (χ1n) is 8.80. The Hall–Kier alpha value is -2.79. The van der Waals surface area contributed by atoms with Gasteiger partial charge in [0.25, 0.3) is 0 Å². The van der Waals surface area contributed by atoms with E-state index in [0.29, 0.717) is 19.0 Å².